The van der Waals surface area contributed by atoms with E-state index in [0.29, 0.717) is 17.1 Å². The normalized spacial score (nSPS) is 11.5. The molecule has 0 aliphatic heterocycles. The monoisotopic (exact) mass is 536 g/mol. The van der Waals surface area contributed by atoms with Crippen LogP contribution in [0.15, 0.2) is 82.1 Å². The molecule has 10 nitrogen and oxygen atoms in total. The smallest absolute Gasteiger partial charge is 0.322 e. The number of rotatable bonds is 10. The molecule has 0 bridgehead atoms. The van der Waals surface area contributed by atoms with Crippen LogP contribution >= 0.6 is 0 Å². The predicted molar refractivity (Wildman–Crippen MR) is 142 cm³/mol. The average molecular weight is 537 g/mol. The topological polar surface area (TPSA) is 124 Å². The van der Waals surface area contributed by atoms with E-state index in [1.54, 1.807) is 18.2 Å². The molecule has 38 heavy (non-hydrogen) atoms. The second-order valence-corrected chi connectivity index (χ2v) is 10.5. The first-order valence-electron chi connectivity index (χ1n) is 11.8. The number of carbonyl (C=O) groups excluding carboxylic acids is 1. The van der Waals surface area contributed by atoms with Gasteiger partial charge in [-0.05, 0) is 55.8 Å². The van der Waals surface area contributed by atoms with Gasteiger partial charge in [-0.3, -0.25) is 10.1 Å². The lowest BCUT2D eigenvalue weighted by molar-refractivity contribution is 0.102. The molecule has 4 aromatic rings. The van der Waals surface area contributed by atoms with Crippen molar-refractivity contribution in [3.63, 3.8) is 0 Å². The zero-order valence-corrected chi connectivity index (χ0v) is 22.2. The molecule has 1 aromatic heterocycles. The number of benzene rings is 3. The predicted octanol–water partition coefficient (Wildman–Crippen LogP) is 4.61. The third-order valence-corrected chi connectivity index (χ3v) is 7.76. The summed E-state index contributed by atoms with van der Waals surface area (Å²) in [5.41, 5.74) is 1.66. The summed E-state index contributed by atoms with van der Waals surface area (Å²) in [4.78, 5) is 12.9. The summed E-state index contributed by atoms with van der Waals surface area (Å²) in [5.74, 6) is 0.708. The summed E-state index contributed by atoms with van der Waals surface area (Å²) < 4.78 is 44.2. The lowest BCUT2D eigenvalue weighted by Gasteiger charge is -2.26. The Morgan fingerprint density at radius 1 is 0.947 bits per heavy atom. The molecule has 0 saturated carbocycles. The summed E-state index contributed by atoms with van der Waals surface area (Å²) in [6, 6.07) is 19.8. The minimum atomic E-state index is -3.80. The van der Waals surface area contributed by atoms with E-state index in [4.69, 9.17) is 13.9 Å². The molecule has 11 heteroatoms. The molecule has 0 aliphatic rings. The highest BCUT2D eigenvalue weighted by molar-refractivity contribution is 7.89. The van der Waals surface area contributed by atoms with Gasteiger partial charge in [0.05, 0.1) is 19.1 Å². The second kappa shape index (κ2) is 11.4. The number of ether oxygens (including phenoxy) is 2. The van der Waals surface area contributed by atoms with Crippen LogP contribution in [0.5, 0.6) is 11.5 Å². The Hall–Kier alpha value is -4.22. The van der Waals surface area contributed by atoms with E-state index >= 15 is 0 Å². The molecule has 1 heterocycles. The van der Waals surface area contributed by atoms with Crippen LogP contribution in [0.4, 0.5) is 6.01 Å². The SMILES string of the molecule is COc1cc(OC)cc(-c2nnc(NC(=O)c3ccc(S(=O)(=O)N(Cc4ccccc4)C(C)C)cc3)o2)c1. The van der Waals surface area contributed by atoms with Crippen LogP contribution in [0, 0.1) is 0 Å². The number of nitrogens with one attached hydrogen (secondary N) is 1. The summed E-state index contributed by atoms with van der Waals surface area (Å²) in [5, 5.41) is 10.4. The largest absolute Gasteiger partial charge is 0.497 e. The third-order valence-electron chi connectivity index (χ3n) is 5.72. The van der Waals surface area contributed by atoms with Crippen molar-refractivity contribution in [2.75, 3.05) is 19.5 Å². The molecule has 0 fully saturated rings. The van der Waals surface area contributed by atoms with Crippen LogP contribution < -0.4 is 14.8 Å². The number of aromatic nitrogens is 2. The van der Waals surface area contributed by atoms with Crippen LogP contribution in [-0.2, 0) is 16.6 Å². The van der Waals surface area contributed by atoms with Gasteiger partial charge < -0.3 is 13.9 Å². The van der Waals surface area contributed by atoms with E-state index in [9.17, 15) is 13.2 Å². The Morgan fingerprint density at radius 3 is 2.16 bits per heavy atom. The number of anilines is 1. The van der Waals surface area contributed by atoms with Crippen molar-refractivity contribution in [2.45, 2.75) is 31.3 Å². The molecular weight excluding hydrogens is 508 g/mol. The van der Waals surface area contributed by atoms with Crippen LogP contribution in [0.25, 0.3) is 11.5 Å². The number of nitrogens with zero attached hydrogens (tertiary/aromatic N) is 3. The van der Waals surface area contributed by atoms with Gasteiger partial charge in [-0.1, -0.05) is 35.4 Å². The molecule has 3 aromatic carbocycles. The maximum Gasteiger partial charge on any atom is 0.322 e. The second-order valence-electron chi connectivity index (χ2n) is 8.62. The van der Waals surface area contributed by atoms with E-state index < -0.39 is 15.9 Å². The summed E-state index contributed by atoms with van der Waals surface area (Å²) in [6.07, 6.45) is 0. The Bertz CT molecular complexity index is 1480. The average Bonchev–Trinajstić information content (AvgIpc) is 3.40. The van der Waals surface area contributed by atoms with Crippen molar-refractivity contribution >= 4 is 21.9 Å². The van der Waals surface area contributed by atoms with Gasteiger partial charge in [0.2, 0.25) is 15.9 Å². The number of sulfonamides is 1. The van der Waals surface area contributed by atoms with Gasteiger partial charge in [0, 0.05) is 29.8 Å². The van der Waals surface area contributed by atoms with Gasteiger partial charge in [-0.2, -0.15) is 4.31 Å². The molecule has 0 radical (unpaired) electrons. The summed E-state index contributed by atoms with van der Waals surface area (Å²) >= 11 is 0. The van der Waals surface area contributed by atoms with Gasteiger partial charge in [-0.25, -0.2) is 8.42 Å². The van der Waals surface area contributed by atoms with Crippen molar-refractivity contribution in [1.82, 2.24) is 14.5 Å². The van der Waals surface area contributed by atoms with Gasteiger partial charge in [0.25, 0.3) is 5.91 Å². The highest BCUT2D eigenvalue weighted by Gasteiger charge is 2.27. The van der Waals surface area contributed by atoms with Crippen molar-refractivity contribution < 1.29 is 27.1 Å². The molecule has 0 atom stereocenters. The molecule has 0 saturated heterocycles. The van der Waals surface area contributed by atoms with Gasteiger partial charge >= 0.3 is 6.01 Å². The minimum absolute atomic E-state index is 0.0886. The Kier molecular flexibility index (Phi) is 8.08. The van der Waals surface area contributed by atoms with E-state index in [1.807, 2.05) is 44.2 Å². The van der Waals surface area contributed by atoms with Gasteiger partial charge in [-0.15, -0.1) is 5.10 Å². The maximum absolute atomic E-state index is 13.4. The Morgan fingerprint density at radius 2 is 1.58 bits per heavy atom. The standard InChI is InChI=1S/C27H28N4O6S/c1-18(2)31(17-19-8-6-5-7-9-19)38(33,34)24-12-10-20(11-13-24)25(32)28-27-30-29-26(37-27)21-14-22(35-3)16-23(15-21)36-4/h5-16,18H,17H2,1-4H3,(H,28,30,32). The Labute approximate surface area is 221 Å². The quantitative estimate of drug-likeness (QED) is 0.312. The highest BCUT2D eigenvalue weighted by atomic mass is 32.2. The first-order valence-corrected chi connectivity index (χ1v) is 13.2. The molecule has 4 rings (SSSR count). The van der Waals surface area contributed by atoms with E-state index in [0.717, 1.165) is 5.56 Å². The number of methoxy groups -OCH3 is 2. The van der Waals surface area contributed by atoms with Crippen LogP contribution in [0.1, 0.15) is 29.8 Å². The third kappa shape index (κ3) is 6.01. The van der Waals surface area contributed by atoms with Crippen molar-refractivity contribution in [1.29, 1.82) is 0 Å². The van der Waals surface area contributed by atoms with E-state index in [2.05, 4.69) is 15.5 Å². The maximum atomic E-state index is 13.4. The van der Waals surface area contributed by atoms with Crippen molar-refractivity contribution in [3.05, 3.63) is 83.9 Å². The minimum Gasteiger partial charge on any atom is -0.497 e. The number of amides is 1. The molecular formula is C27H28N4O6S. The molecule has 0 aliphatic carbocycles. The molecule has 0 unspecified atom stereocenters. The fourth-order valence-electron chi connectivity index (χ4n) is 3.71. The fraction of sp³-hybridized carbons (Fsp3) is 0.222. The first-order chi connectivity index (χ1) is 18.2. The van der Waals surface area contributed by atoms with Crippen molar-refractivity contribution in [3.8, 4) is 23.0 Å². The highest BCUT2D eigenvalue weighted by Crippen LogP contribution is 2.30. The van der Waals surface area contributed by atoms with Crippen LogP contribution in [0.2, 0.25) is 0 Å². The zero-order chi connectivity index (χ0) is 27.3. The molecule has 1 N–H and O–H groups in total. The summed E-state index contributed by atoms with van der Waals surface area (Å²) in [6.45, 7) is 3.88. The Balaban J connectivity index is 1.49. The van der Waals surface area contributed by atoms with E-state index in [-0.39, 0.29) is 35.0 Å². The number of hydrogen-bond acceptors (Lipinski definition) is 8. The fourth-order valence-corrected chi connectivity index (χ4v) is 5.34. The summed E-state index contributed by atoms with van der Waals surface area (Å²) in [7, 11) is -0.747. The van der Waals surface area contributed by atoms with Crippen LogP contribution in [0.3, 0.4) is 0 Å². The van der Waals surface area contributed by atoms with Gasteiger partial charge in [0.1, 0.15) is 11.5 Å². The number of hydrogen-bond donors (Lipinski definition) is 1. The molecule has 1 amide bonds. The van der Waals surface area contributed by atoms with Gasteiger partial charge in [0.15, 0.2) is 0 Å². The molecule has 0 spiro atoms. The molecule has 198 valence electrons. The lowest BCUT2D eigenvalue weighted by Crippen LogP contribution is -2.36. The first kappa shape index (κ1) is 26.8. The zero-order valence-electron chi connectivity index (χ0n) is 21.4. The number of carbonyl (C=O) groups is 1. The lowest BCUT2D eigenvalue weighted by atomic mass is 10.2. The van der Waals surface area contributed by atoms with E-state index in [1.165, 1.54) is 42.8 Å². The van der Waals surface area contributed by atoms with Crippen molar-refractivity contribution in [2.24, 2.45) is 0 Å². The van der Waals surface area contributed by atoms with Crippen LogP contribution in [-0.4, -0.2) is 49.1 Å².